The average molecular weight is 466 g/mol. The molecular weight excluding hydrogens is 426 g/mol. The number of amides is 1. The van der Waals surface area contributed by atoms with Crippen molar-refractivity contribution in [2.75, 3.05) is 18.4 Å². The lowest BCUT2D eigenvalue weighted by Gasteiger charge is -2.47. The maximum Gasteiger partial charge on any atom is 0.407 e. The van der Waals surface area contributed by atoms with Gasteiger partial charge in [-0.05, 0) is 48.0 Å². The predicted octanol–water partition coefficient (Wildman–Crippen LogP) is 6.09. The van der Waals surface area contributed by atoms with E-state index in [9.17, 15) is 20.0 Å². The molecule has 1 heterocycles. The van der Waals surface area contributed by atoms with Crippen LogP contribution in [0.3, 0.4) is 0 Å². The molecule has 0 unspecified atom stereocenters. The molecule has 8 nitrogen and oxygen atoms in total. The summed E-state index contributed by atoms with van der Waals surface area (Å²) in [6, 6.07) is 5.11. The molecule has 0 aromatic heterocycles. The van der Waals surface area contributed by atoms with Gasteiger partial charge in [0.1, 0.15) is 5.69 Å². The number of carbonyl (C=O) groups is 1. The number of carboxylic acid groups (broad SMARTS) is 1. The summed E-state index contributed by atoms with van der Waals surface area (Å²) in [6.07, 6.45) is 0.533. The van der Waals surface area contributed by atoms with Crippen molar-refractivity contribution in [2.24, 2.45) is 5.41 Å². The second kappa shape index (κ2) is 9.01. The predicted molar refractivity (Wildman–Crippen MR) is 130 cm³/mol. The summed E-state index contributed by atoms with van der Waals surface area (Å²) in [4.78, 5) is 24.8. The fourth-order valence-electron chi connectivity index (χ4n) is 4.08. The van der Waals surface area contributed by atoms with Crippen LogP contribution in [0.25, 0.3) is 0 Å². The van der Waals surface area contributed by atoms with Crippen molar-refractivity contribution in [2.45, 2.75) is 84.7 Å². The van der Waals surface area contributed by atoms with Crippen LogP contribution in [0, 0.1) is 15.5 Å². The lowest BCUT2D eigenvalue weighted by Crippen LogP contribution is -2.59. The molecule has 0 aliphatic carbocycles. The molecule has 1 aliphatic heterocycles. The van der Waals surface area contributed by atoms with Crippen molar-refractivity contribution in [3.8, 4) is 0 Å². The second-order valence-corrected chi connectivity index (χ2v) is 16.1. The fraction of sp³-hybridized carbons (Fsp3) is 0.696. The van der Waals surface area contributed by atoms with Crippen molar-refractivity contribution in [1.29, 1.82) is 0 Å². The summed E-state index contributed by atoms with van der Waals surface area (Å²) >= 11 is 0. The quantitative estimate of drug-likeness (QED) is 0.287. The summed E-state index contributed by atoms with van der Waals surface area (Å²) in [6.45, 7) is 17.9. The zero-order chi connectivity index (χ0) is 24.5. The zero-order valence-corrected chi connectivity index (χ0v) is 21.7. The van der Waals surface area contributed by atoms with Gasteiger partial charge in [-0.3, -0.25) is 10.1 Å². The minimum atomic E-state index is -1.97. The summed E-state index contributed by atoms with van der Waals surface area (Å²) in [7, 11) is -1.97. The molecule has 2 rings (SSSR count). The van der Waals surface area contributed by atoms with Crippen LogP contribution < -0.4 is 5.32 Å². The molecule has 1 fully saturated rings. The van der Waals surface area contributed by atoms with Gasteiger partial charge in [-0.15, -0.1) is 0 Å². The molecule has 32 heavy (non-hydrogen) atoms. The van der Waals surface area contributed by atoms with E-state index in [1.807, 2.05) is 26.8 Å². The Morgan fingerprint density at radius 1 is 1.28 bits per heavy atom. The second-order valence-electron chi connectivity index (χ2n) is 11.3. The Labute approximate surface area is 192 Å². The molecule has 0 spiro atoms. The van der Waals surface area contributed by atoms with Gasteiger partial charge in [0.25, 0.3) is 5.69 Å². The van der Waals surface area contributed by atoms with Gasteiger partial charge >= 0.3 is 6.09 Å². The first-order chi connectivity index (χ1) is 14.5. The van der Waals surface area contributed by atoms with Crippen LogP contribution in [-0.2, 0) is 11.0 Å². The SMILES string of the molecule is CC(C)(C)[C@@]1(CNc2ccc(CO[Si](C)(C)C(C)(C)C)cc2[N+](=O)[O-])CCCN1C(=O)O. The fourth-order valence-corrected chi connectivity index (χ4v) is 5.04. The van der Waals surface area contributed by atoms with E-state index in [-0.39, 0.29) is 16.1 Å². The van der Waals surface area contributed by atoms with E-state index in [1.165, 1.54) is 4.90 Å². The molecule has 0 saturated carbocycles. The van der Waals surface area contributed by atoms with Gasteiger partial charge < -0.3 is 19.7 Å². The molecular formula is C23H39N3O5Si. The first kappa shape index (κ1) is 26.1. The first-order valence-electron chi connectivity index (χ1n) is 11.2. The van der Waals surface area contributed by atoms with Crippen molar-refractivity contribution >= 4 is 25.8 Å². The summed E-state index contributed by atoms with van der Waals surface area (Å²) in [5, 5.41) is 24.8. The van der Waals surface area contributed by atoms with Crippen molar-refractivity contribution in [3.05, 3.63) is 33.9 Å². The van der Waals surface area contributed by atoms with Gasteiger partial charge in [0.05, 0.1) is 17.1 Å². The highest BCUT2D eigenvalue weighted by Gasteiger charge is 2.51. The Kier molecular flexibility index (Phi) is 7.36. The van der Waals surface area contributed by atoms with E-state index in [1.54, 1.807) is 12.1 Å². The molecule has 1 atom stereocenters. The number of nitrogens with zero attached hydrogens (tertiary/aromatic N) is 2. The minimum absolute atomic E-state index is 0.0229. The maximum absolute atomic E-state index is 11.9. The number of nitro groups is 1. The van der Waals surface area contributed by atoms with Crippen LogP contribution in [0.15, 0.2) is 18.2 Å². The number of hydrogen-bond acceptors (Lipinski definition) is 5. The first-order valence-corrected chi connectivity index (χ1v) is 14.1. The third kappa shape index (κ3) is 5.26. The molecule has 1 aromatic carbocycles. The van der Waals surface area contributed by atoms with Crippen molar-refractivity contribution in [3.63, 3.8) is 0 Å². The molecule has 1 saturated heterocycles. The van der Waals surface area contributed by atoms with Crippen molar-refractivity contribution in [1.82, 2.24) is 4.90 Å². The monoisotopic (exact) mass is 465 g/mol. The number of nitrogens with one attached hydrogen (secondary N) is 1. The van der Waals surface area contributed by atoms with Gasteiger partial charge in [-0.1, -0.05) is 47.6 Å². The highest BCUT2D eigenvalue weighted by Crippen LogP contribution is 2.44. The summed E-state index contributed by atoms with van der Waals surface area (Å²) in [5.41, 5.74) is 0.153. The molecule has 180 valence electrons. The molecule has 1 amide bonds. The van der Waals surface area contributed by atoms with Gasteiger partial charge in [-0.2, -0.15) is 0 Å². The molecule has 1 aromatic rings. The van der Waals surface area contributed by atoms with Crippen LogP contribution in [0.5, 0.6) is 0 Å². The van der Waals surface area contributed by atoms with Gasteiger partial charge in [0, 0.05) is 19.2 Å². The smallest absolute Gasteiger partial charge is 0.407 e. The normalized spacial score (nSPS) is 19.8. The lowest BCUT2D eigenvalue weighted by molar-refractivity contribution is -0.384. The third-order valence-electron chi connectivity index (χ3n) is 7.35. The number of anilines is 1. The van der Waals surface area contributed by atoms with Crippen LogP contribution in [0.2, 0.25) is 18.1 Å². The standard InChI is InChI=1S/C23H39N3O5Si/c1-21(2,3)23(12-9-13-25(23)20(27)28)16-24-18-11-10-17(14-19(18)26(29)30)15-31-32(7,8)22(4,5)6/h10-11,14,24H,9,12-13,15-16H2,1-8H3,(H,27,28)/t23-/m0/s1. The maximum atomic E-state index is 11.9. The number of likely N-dealkylation sites (tertiary alicyclic amines) is 1. The number of nitro benzene ring substituents is 1. The zero-order valence-electron chi connectivity index (χ0n) is 20.7. The summed E-state index contributed by atoms with van der Waals surface area (Å²) < 4.78 is 6.22. The molecule has 0 radical (unpaired) electrons. The van der Waals surface area contributed by atoms with E-state index in [0.29, 0.717) is 31.8 Å². The summed E-state index contributed by atoms with van der Waals surface area (Å²) in [5.74, 6) is 0. The molecule has 0 bridgehead atoms. The highest BCUT2D eigenvalue weighted by atomic mass is 28.4. The van der Waals surface area contributed by atoms with Crippen LogP contribution in [0.1, 0.15) is 59.9 Å². The van der Waals surface area contributed by atoms with E-state index in [2.05, 4.69) is 39.2 Å². The molecule has 2 N–H and O–H groups in total. The van der Waals surface area contributed by atoms with Crippen LogP contribution in [0.4, 0.5) is 16.2 Å². The largest absolute Gasteiger partial charge is 0.465 e. The Hall–Kier alpha value is -2.13. The number of benzene rings is 1. The van der Waals surface area contributed by atoms with E-state index in [4.69, 9.17) is 4.43 Å². The van der Waals surface area contributed by atoms with Crippen LogP contribution in [-0.4, -0.2) is 48.0 Å². The van der Waals surface area contributed by atoms with Gasteiger partial charge in [0.2, 0.25) is 0 Å². The van der Waals surface area contributed by atoms with E-state index in [0.717, 1.165) is 12.0 Å². The average Bonchev–Trinajstić information content (AvgIpc) is 3.09. The van der Waals surface area contributed by atoms with Gasteiger partial charge in [0.15, 0.2) is 8.32 Å². The Morgan fingerprint density at radius 3 is 2.41 bits per heavy atom. The van der Waals surface area contributed by atoms with Crippen molar-refractivity contribution < 1.29 is 19.3 Å². The number of rotatable bonds is 7. The Bertz CT molecular complexity index is 860. The minimum Gasteiger partial charge on any atom is -0.465 e. The van der Waals surface area contributed by atoms with E-state index < -0.39 is 24.9 Å². The Balaban J connectivity index is 2.27. The number of hydrogen-bond donors (Lipinski definition) is 2. The molecule has 9 heteroatoms. The van der Waals surface area contributed by atoms with Gasteiger partial charge in [-0.25, -0.2) is 4.79 Å². The van der Waals surface area contributed by atoms with E-state index >= 15 is 0 Å². The highest BCUT2D eigenvalue weighted by molar-refractivity contribution is 6.74. The lowest BCUT2D eigenvalue weighted by atomic mass is 9.71. The Morgan fingerprint density at radius 2 is 1.91 bits per heavy atom. The topological polar surface area (TPSA) is 105 Å². The molecule has 1 aliphatic rings. The van der Waals surface area contributed by atoms with Crippen LogP contribution >= 0.6 is 0 Å². The third-order valence-corrected chi connectivity index (χ3v) is 11.8.